The third-order valence-electron chi connectivity index (χ3n) is 2.79. The summed E-state index contributed by atoms with van der Waals surface area (Å²) in [6, 6.07) is 9.68. The Morgan fingerprint density at radius 2 is 2.06 bits per heavy atom. The van der Waals surface area contributed by atoms with E-state index < -0.39 is 5.60 Å². The maximum absolute atomic E-state index is 10.9. The van der Waals surface area contributed by atoms with Gasteiger partial charge in [-0.05, 0) is 12.0 Å². The number of aliphatic hydroxyl groups is 1. The molecule has 1 aromatic heterocycles. The highest BCUT2D eigenvalue weighted by Crippen LogP contribution is 2.37. The highest BCUT2D eigenvalue weighted by Gasteiger charge is 2.32. The van der Waals surface area contributed by atoms with E-state index >= 15 is 0 Å². The van der Waals surface area contributed by atoms with Gasteiger partial charge in [0.25, 0.3) is 0 Å². The second-order valence-corrected chi connectivity index (χ2v) is 5.10. The van der Waals surface area contributed by atoms with Crippen molar-refractivity contribution in [2.45, 2.75) is 25.4 Å². The molecule has 1 aromatic carbocycles. The number of rotatable bonds is 4. The van der Waals surface area contributed by atoms with Gasteiger partial charge >= 0.3 is 0 Å². The molecule has 2 rings (SSSR count). The molecule has 0 bridgehead atoms. The fourth-order valence-electron chi connectivity index (χ4n) is 1.96. The van der Waals surface area contributed by atoms with E-state index in [0.29, 0.717) is 11.6 Å². The van der Waals surface area contributed by atoms with Crippen LogP contribution in [0.1, 0.15) is 30.2 Å². The van der Waals surface area contributed by atoms with Gasteiger partial charge in [0.15, 0.2) is 5.13 Å². The number of nitrogen functional groups attached to an aromatic ring is 1. The summed E-state index contributed by atoms with van der Waals surface area (Å²) in [5.41, 5.74) is 5.57. The molecule has 0 aliphatic carbocycles. The lowest BCUT2D eigenvalue weighted by Crippen LogP contribution is -2.25. The molecular weight excluding hydrogens is 232 g/mol. The van der Waals surface area contributed by atoms with Gasteiger partial charge in [-0.3, -0.25) is 0 Å². The first-order valence-corrected chi connectivity index (χ1v) is 6.48. The van der Waals surface area contributed by atoms with E-state index in [1.807, 2.05) is 30.3 Å². The zero-order valence-electron chi connectivity index (χ0n) is 9.76. The lowest BCUT2D eigenvalue weighted by molar-refractivity contribution is 0.0738. The van der Waals surface area contributed by atoms with Crippen molar-refractivity contribution in [2.24, 2.45) is 0 Å². The Bertz CT molecular complexity index is 483. The summed E-state index contributed by atoms with van der Waals surface area (Å²) in [6.45, 7) is 2.05. The van der Waals surface area contributed by atoms with Crippen LogP contribution < -0.4 is 5.73 Å². The number of anilines is 1. The number of nitrogens with zero attached hydrogens (tertiary/aromatic N) is 1. The van der Waals surface area contributed by atoms with Gasteiger partial charge < -0.3 is 10.8 Å². The van der Waals surface area contributed by atoms with Crippen LogP contribution in [0.2, 0.25) is 0 Å². The van der Waals surface area contributed by atoms with E-state index in [9.17, 15) is 5.11 Å². The molecule has 0 aliphatic heterocycles. The fraction of sp³-hybridized carbons (Fsp3) is 0.308. The molecule has 0 radical (unpaired) electrons. The predicted molar refractivity (Wildman–Crippen MR) is 70.9 cm³/mol. The number of nitrogens with two attached hydrogens (primary N) is 1. The van der Waals surface area contributed by atoms with E-state index in [1.54, 1.807) is 6.20 Å². The largest absolute Gasteiger partial charge is 0.379 e. The first-order chi connectivity index (χ1) is 8.16. The Kier molecular flexibility index (Phi) is 3.45. The lowest BCUT2D eigenvalue weighted by atomic mass is 9.88. The van der Waals surface area contributed by atoms with Crippen LogP contribution in [0.3, 0.4) is 0 Å². The van der Waals surface area contributed by atoms with Crippen molar-refractivity contribution >= 4 is 16.5 Å². The van der Waals surface area contributed by atoms with Crippen LogP contribution in [-0.4, -0.2) is 10.1 Å². The van der Waals surface area contributed by atoms with Crippen molar-refractivity contribution in [1.82, 2.24) is 4.98 Å². The molecule has 1 atom stereocenters. The van der Waals surface area contributed by atoms with Gasteiger partial charge in [0, 0.05) is 6.20 Å². The summed E-state index contributed by atoms with van der Waals surface area (Å²) in [5, 5.41) is 11.4. The van der Waals surface area contributed by atoms with Gasteiger partial charge in [0.1, 0.15) is 5.60 Å². The Morgan fingerprint density at radius 3 is 2.59 bits per heavy atom. The Labute approximate surface area is 105 Å². The quantitative estimate of drug-likeness (QED) is 0.874. The van der Waals surface area contributed by atoms with Crippen LogP contribution in [0.25, 0.3) is 0 Å². The molecule has 0 aliphatic rings. The van der Waals surface area contributed by atoms with Crippen molar-refractivity contribution < 1.29 is 5.11 Å². The molecule has 3 N–H and O–H groups in total. The topological polar surface area (TPSA) is 59.1 Å². The normalized spacial score (nSPS) is 14.5. The first-order valence-electron chi connectivity index (χ1n) is 5.66. The van der Waals surface area contributed by atoms with Gasteiger partial charge in [-0.1, -0.05) is 55.0 Å². The van der Waals surface area contributed by atoms with Gasteiger partial charge in [-0.25, -0.2) is 4.98 Å². The van der Waals surface area contributed by atoms with Crippen LogP contribution in [0, 0.1) is 0 Å². The minimum Gasteiger partial charge on any atom is -0.379 e. The minimum atomic E-state index is -0.967. The van der Waals surface area contributed by atoms with E-state index in [2.05, 4.69) is 11.9 Å². The lowest BCUT2D eigenvalue weighted by Gasteiger charge is -2.26. The molecule has 4 heteroatoms. The summed E-state index contributed by atoms with van der Waals surface area (Å²) in [6.07, 6.45) is 3.23. The molecule has 0 saturated heterocycles. The van der Waals surface area contributed by atoms with Crippen molar-refractivity contribution in [3.8, 4) is 0 Å². The second-order valence-electron chi connectivity index (χ2n) is 4.04. The molecule has 3 nitrogen and oxygen atoms in total. The van der Waals surface area contributed by atoms with Crippen molar-refractivity contribution in [1.29, 1.82) is 0 Å². The zero-order valence-corrected chi connectivity index (χ0v) is 10.6. The standard InChI is InChI=1S/C13H16N2OS/c1-2-8-13(16,10-6-4-3-5-7-10)11-9-15-12(14)17-11/h3-7,9,16H,2,8H2,1H3,(H2,14,15)/t13-/m1/s1. The summed E-state index contributed by atoms with van der Waals surface area (Å²) in [7, 11) is 0. The Hall–Kier alpha value is -1.39. The van der Waals surface area contributed by atoms with Crippen LogP contribution in [0.5, 0.6) is 0 Å². The second kappa shape index (κ2) is 4.85. The highest BCUT2D eigenvalue weighted by atomic mass is 32.1. The molecule has 1 heterocycles. The average Bonchev–Trinajstić information content (AvgIpc) is 2.78. The van der Waals surface area contributed by atoms with Gasteiger partial charge in [-0.15, -0.1) is 0 Å². The zero-order chi connectivity index (χ0) is 12.3. The summed E-state index contributed by atoms with van der Waals surface area (Å²) in [4.78, 5) is 4.84. The Morgan fingerprint density at radius 1 is 1.35 bits per heavy atom. The van der Waals surface area contributed by atoms with E-state index in [-0.39, 0.29) is 0 Å². The minimum absolute atomic E-state index is 0.491. The van der Waals surface area contributed by atoms with Gasteiger partial charge in [-0.2, -0.15) is 0 Å². The average molecular weight is 248 g/mol. The number of hydrogen-bond acceptors (Lipinski definition) is 4. The van der Waals surface area contributed by atoms with Crippen LogP contribution in [0.15, 0.2) is 36.5 Å². The summed E-state index contributed by atoms with van der Waals surface area (Å²) < 4.78 is 0. The third-order valence-corrected chi connectivity index (χ3v) is 3.77. The molecule has 0 spiro atoms. The SMILES string of the molecule is CCC[C@@](O)(c1ccccc1)c1cnc(N)s1. The highest BCUT2D eigenvalue weighted by molar-refractivity contribution is 7.15. The summed E-state index contributed by atoms with van der Waals surface area (Å²) >= 11 is 1.35. The van der Waals surface area contributed by atoms with E-state index in [4.69, 9.17) is 5.73 Å². The van der Waals surface area contributed by atoms with Gasteiger partial charge in [0.05, 0.1) is 4.88 Å². The molecule has 0 saturated carbocycles. The molecule has 90 valence electrons. The van der Waals surface area contributed by atoms with Crippen molar-refractivity contribution in [3.63, 3.8) is 0 Å². The number of benzene rings is 1. The van der Waals surface area contributed by atoms with Gasteiger partial charge in [0.2, 0.25) is 0 Å². The van der Waals surface area contributed by atoms with E-state index in [1.165, 1.54) is 11.3 Å². The summed E-state index contributed by atoms with van der Waals surface area (Å²) in [5.74, 6) is 0. The van der Waals surface area contributed by atoms with Crippen LogP contribution in [-0.2, 0) is 5.60 Å². The molecule has 2 aromatic rings. The molecule has 17 heavy (non-hydrogen) atoms. The number of aromatic nitrogens is 1. The maximum Gasteiger partial charge on any atom is 0.180 e. The predicted octanol–water partition coefficient (Wildman–Crippen LogP) is 2.76. The van der Waals surface area contributed by atoms with E-state index in [0.717, 1.165) is 16.9 Å². The van der Waals surface area contributed by atoms with Crippen LogP contribution in [0.4, 0.5) is 5.13 Å². The number of hydrogen-bond donors (Lipinski definition) is 2. The Balaban J connectivity index is 2.46. The van der Waals surface area contributed by atoms with Crippen LogP contribution >= 0.6 is 11.3 Å². The molecular formula is C13H16N2OS. The third kappa shape index (κ3) is 2.33. The fourth-order valence-corrected chi connectivity index (χ4v) is 2.79. The van der Waals surface area contributed by atoms with Crippen molar-refractivity contribution in [2.75, 3.05) is 5.73 Å². The molecule has 0 amide bonds. The smallest absolute Gasteiger partial charge is 0.180 e. The maximum atomic E-state index is 10.9. The number of thiazole rings is 1. The van der Waals surface area contributed by atoms with Crippen molar-refractivity contribution in [3.05, 3.63) is 47.0 Å². The first kappa shape index (κ1) is 12.1. The molecule has 0 fully saturated rings. The molecule has 0 unspecified atom stereocenters. The monoisotopic (exact) mass is 248 g/mol.